The summed E-state index contributed by atoms with van der Waals surface area (Å²) >= 11 is 0. The Labute approximate surface area is 50.2 Å². The third-order valence-electron chi connectivity index (χ3n) is 1.36. The van der Waals surface area contributed by atoms with E-state index in [1.807, 2.05) is 20.8 Å². The van der Waals surface area contributed by atoms with Gasteiger partial charge in [0.15, 0.2) is 0 Å². The van der Waals surface area contributed by atoms with Crippen LogP contribution in [0, 0.1) is 0 Å². The summed E-state index contributed by atoms with van der Waals surface area (Å²) in [5.74, 6) is 5.31. The van der Waals surface area contributed by atoms with Crippen LogP contribution in [0.5, 0.6) is 0 Å². The Morgan fingerprint density at radius 3 is 1.50 bits per heavy atom. The summed E-state index contributed by atoms with van der Waals surface area (Å²) in [6.45, 7) is 5.60. The van der Waals surface area contributed by atoms with Crippen molar-refractivity contribution in [1.82, 2.24) is 0 Å². The Bertz CT molecular complexity index is 65.4. The minimum Gasteiger partial charge on any atom is -0.196 e. The normalized spacial score (nSPS) is 20.2. The van der Waals surface area contributed by atoms with E-state index in [2.05, 4.69) is 0 Å². The van der Waals surface area contributed by atoms with Crippen molar-refractivity contribution in [1.29, 1.82) is 0 Å². The molecule has 0 aromatic rings. The van der Waals surface area contributed by atoms with E-state index in [0.717, 1.165) is 0 Å². The number of quaternary nitrogens is 1. The zero-order chi connectivity index (χ0) is 7.00. The smallest absolute Gasteiger partial charge is 0.139 e. The summed E-state index contributed by atoms with van der Waals surface area (Å²) in [6, 6.07) is 0. The minimum absolute atomic E-state index is 0.292. The van der Waals surface area contributed by atoms with Gasteiger partial charge in [-0.3, -0.25) is 0 Å². The molecule has 0 saturated carbocycles. The Kier molecular flexibility index (Phi) is 1.66. The molecule has 0 spiro atoms. The molecule has 3 heteroatoms. The molecule has 0 aliphatic heterocycles. The van der Waals surface area contributed by atoms with Gasteiger partial charge in [0.25, 0.3) is 0 Å². The van der Waals surface area contributed by atoms with Crippen molar-refractivity contribution in [2.45, 2.75) is 26.3 Å². The first-order chi connectivity index (χ1) is 3.25. The van der Waals surface area contributed by atoms with Gasteiger partial charge in [0.1, 0.15) is 12.6 Å². The van der Waals surface area contributed by atoms with Crippen molar-refractivity contribution in [3.63, 3.8) is 0 Å². The lowest BCUT2D eigenvalue weighted by Crippen LogP contribution is -2.59. The quantitative estimate of drug-likeness (QED) is 0.277. The fourth-order valence-corrected chi connectivity index (χ4v) is 0. The molecule has 1 atom stereocenters. The van der Waals surface area contributed by atoms with Gasteiger partial charge in [-0.2, -0.15) is 5.21 Å². The monoisotopic (exact) mass is 119 g/mol. The molecule has 0 rings (SSSR count). The van der Waals surface area contributed by atoms with Gasteiger partial charge in [0.2, 0.25) is 0 Å². The molecule has 0 amide bonds. The van der Waals surface area contributed by atoms with E-state index in [0.29, 0.717) is 0 Å². The highest BCUT2D eigenvalue weighted by atomic mass is 16.6. The lowest BCUT2D eigenvalue weighted by Gasteiger charge is -2.32. The third-order valence-corrected chi connectivity index (χ3v) is 1.36. The fraction of sp³-hybridized carbons (Fsp3) is 1.00. The Morgan fingerprint density at radius 2 is 1.50 bits per heavy atom. The number of nitrogens with zero attached hydrogens (tertiary/aromatic N) is 1. The molecule has 0 saturated heterocycles. The van der Waals surface area contributed by atoms with Gasteiger partial charge < -0.3 is 0 Å². The van der Waals surface area contributed by atoms with Crippen molar-refractivity contribution in [2.75, 3.05) is 7.05 Å². The van der Waals surface area contributed by atoms with Gasteiger partial charge in [-0.15, -0.1) is 10.6 Å². The maximum absolute atomic E-state index is 9.07. The summed E-state index contributed by atoms with van der Waals surface area (Å²) in [5, 5.41) is 9.07. The topological polar surface area (TPSA) is 46.2 Å². The summed E-state index contributed by atoms with van der Waals surface area (Å²) in [7, 11) is 1.54. The molecule has 0 fully saturated rings. The molecule has 3 nitrogen and oxygen atoms in total. The van der Waals surface area contributed by atoms with Crippen molar-refractivity contribution in [3.05, 3.63) is 0 Å². The number of rotatable bonds is 0. The molecule has 0 bridgehead atoms. The molecule has 0 aromatic heterocycles. The standard InChI is InChI=1S/C5H15N2O/c1-5(2,3)7(4,6)8/h8H,6H2,1-4H3/q+1. The second-order valence-electron chi connectivity index (χ2n) is 3.20. The van der Waals surface area contributed by atoms with E-state index in [1.54, 1.807) is 7.05 Å². The summed E-state index contributed by atoms with van der Waals surface area (Å²) in [5.41, 5.74) is -0.292. The summed E-state index contributed by atoms with van der Waals surface area (Å²) in [6.07, 6.45) is 0. The van der Waals surface area contributed by atoms with E-state index < -0.39 is 4.76 Å². The van der Waals surface area contributed by atoms with Crippen LogP contribution in [0.3, 0.4) is 0 Å². The Hall–Kier alpha value is -0.120. The molecule has 3 N–H and O–H groups in total. The second-order valence-corrected chi connectivity index (χ2v) is 3.20. The van der Waals surface area contributed by atoms with Gasteiger partial charge in [-0.05, 0) is 20.8 Å². The summed E-state index contributed by atoms with van der Waals surface area (Å²) < 4.78 is -0.479. The first-order valence-electron chi connectivity index (χ1n) is 2.63. The van der Waals surface area contributed by atoms with Gasteiger partial charge >= 0.3 is 0 Å². The average Bonchev–Trinajstić information content (AvgIpc) is 1.25. The third kappa shape index (κ3) is 1.78. The van der Waals surface area contributed by atoms with Crippen molar-refractivity contribution in [2.24, 2.45) is 5.84 Å². The molecule has 0 aliphatic rings. The van der Waals surface area contributed by atoms with Crippen molar-refractivity contribution >= 4 is 0 Å². The van der Waals surface area contributed by atoms with Crippen LogP contribution in [0.1, 0.15) is 20.8 Å². The van der Waals surface area contributed by atoms with Crippen molar-refractivity contribution in [3.8, 4) is 0 Å². The molecular formula is C5H15N2O+. The fourth-order valence-electron chi connectivity index (χ4n) is 0. The molecule has 50 valence electrons. The van der Waals surface area contributed by atoms with Crippen LogP contribution in [0.4, 0.5) is 0 Å². The van der Waals surface area contributed by atoms with Crippen LogP contribution >= 0.6 is 0 Å². The van der Waals surface area contributed by atoms with Crippen LogP contribution in [0.15, 0.2) is 0 Å². The average molecular weight is 119 g/mol. The van der Waals surface area contributed by atoms with Gasteiger partial charge in [-0.25, -0.2) is 0 Å². The second kappa shape index (κ2) is 1.69. The van der Waals surface area contributed by atoms with Crippen LogP contribution in [0.2, 0.25) is 0 Å². The molecule has 0 aliphatic carbocycles. The highest BCUT2D eigenvalue weighted by molar-refractivity contribution is 4.54. The van der Waals surface area contributed by atoms with E-state index in [4.69, 9.17) is 11.0 Å². The number of hydrogen-bond acceptors (Lipinski definition) is 2. The molecule has 0 heterocycles. The zero-order valence-electron chi connectivity index (χ0n) is 5.97. The molecular weight excluding hydrogens is 104 g/mol. The Morgan fingerprint density at radius 1 is 1.38 bits per heavy atom. The van der Waals surface area contributed by atoms with Gasteiger partial charge in [0.05, 0.1) is 0 Å². The number of nitrogens with two attached hydrogens (primary N) is 1. The highest BCUT2D eigenvalue weighted by Crippen LogP contribution is 2.11. The van der Waals surface area contributed by atoms with Gasteiger partial charge in [-0.1, -0.05) is 0 Å². The largest absolute Gasteiger partial charge is 0.196 e. The Balaban J connectivity index is 4.02. The van der Waals surface area contributed by atoms with Crippen LogP contribution in [-0.2, 0) is 0 Å². The summed E-state index contributed by atoms with van der Waals surface area (Å²) in [4.78, 5) is 0. The molecule has 8 heavy (non-hydrogen) atoms. The van der Waals surface area contributed by atoms with Gasteiger partial charge in [0, 0.05) is 0 Å². The van der Waals surface area contributed by atoms with E-state index in [-0.39, 0.29) is 5.54 Å². The lowest BCUT2D eigenvalue weighted by molar-refractivity contribution is -1.13. The molecule has 0 radical (unpaired) electrons. The van der Waals surface area contributed by atoms with Crippen LogP contribution in [0.25, 0.3) is 0 Å². The molecule has 1 unspecified atom stereocenters. The number of hydroxylamine groups is 2. The highest BCUT2D eigenvalue weighted by Gasteiger charge is 2.31. The number of hydrogen-bond donors (Lipinski definition) is 2. The minimum atomic E-state index is -0.479. The zero-order valence-corrected chi connectivity index (χ0v) is 5.97. The van der Waals surface area contributed by atoms with Crippen molar-refractivity contribution < 1.29 is 9.96 Å². The predicted molar refractivity (Wildman–Crippen MR) is 31.9 cm³/mol. The van der Waals surface area contributed by atoms with E-state index >= 15 is 0 Å². The SMILES string of the molecule is CC(C)(C)[N+](C)(N)O. The van der Waals surface area contributed by atoms with E-state index in [1.165, 1.54) is 0 Å². The predicted octanol–water partition coefficient (Wildman–Crippen LogP) is 0.494. The maximum Gasteiger partial charge on any atom is 0.139 e. The van der Waals surface area contributed by atoms with Crippen LogP contribution in [-0.4, -0.2) is 22.5 Å². The first kappa shape index (κ1) is 7.88. The lowest BCUT2D eigenvalue weighted by atomic mass is 10.1. The van der Waals surface area contributed by atoms with Crippen LogP contribution < -0.4 is 5.84 Å². The maximum atomic E-state index is 9.07. The van der Waals surface area contributed by atoms with E-state index in [9.17, 15) is 0 Å². The first-order valence-corrected chi connectivity index (χ1v) is 2.63. The molecule has 0 aromatic carbocycles.